The van der Waals surface area contributed by atoms with Gasteiger partial charge in [0.15, 0.2) is 11.5 Å². The number of hydrogen-bond donors (Lipinski definition) is 1. The fraction of sp³-hybridized carbons (Fsp3) is 0.647. The van der Waals surface area contributed by atoms with Crippen molar-refractivity contribution in [2.75, 3.05) is 18.6 Å². The van der Waals surface area contributed by atoms with E-state index in [1.807, 2.05) is 17.8 Å². The minimum absolute atomic E-state index is 0.173. The molecule has 4 heteroatoms. The molecule has 0 atom stereocenters. The Kier molecular flexibility index (Phi) is 4.65. The summed E-state index contributed by atoms with van der Waals surface area (Å²) < 4.78 is 11.7. The van der Waals surface area contributed by atoms with Crippen molar-refractivity contribution in [3.8, 4) is 11.5 Å². The number of methoxy groups -OCH3 is 1. The van der Waals surface area contributed by atoms with Crippen LogP contribution in [0.1, 0.15) is 44.1 Å². The number of ether oxygens (including phenoxy) is 2. The van der Waals surface area contributed by atoms with Crippen molar-refractivity contribution >= 4 is 11.8 Å². The maximum absolute atomic E-state index is 6.54. The Morgan fingerprint density at radius 1 is 1.14 bits per heavy atom. The third-order valence-corrected chi connectivity index (χ3v) is 5.75. The molecule has 1 aliphatic carbocycles. The quantitative estimate of drug-likeness (QED) is 0.921. The lowest BCUT2D eigenvalue weighted by Crippen LogP contribution is -2.33. The molecule has 2 N–H and O–H groups in total. The van der Waals surface area contributed by atoms with Gasteiger partial charge in [-0.05, 0) is 54.9 Å². The fourth-order valence-electron chi connectivity index (χ4n) is 3.34. The van der Waals surface area contributed by atoms with Crippen LogP contribution in [0.2, 0.25) is 0 Å². The standard InChI is InChI=1S/C17H25NO2S/c1-19-16-12-13(17(18)8-2-3-9-17)4-5-15(16)20-14-6-10-21-11-7-14/h4-5,12,14H,2-3,6-11,18H2,1H3. The molecule has 1 aromatic carbocycles. The van der Waals surface area contributed by atoms with E-state index in [0.29, 0.717) is 6.10 Å². The summed E-state index contributed by atoms with van der Waals surface area (Å²) in [5.41, 5.74) is 7.55. The molecule has 0 amide bonds. The Morgan fingerprint density at radius 3 is 2.52 bits per heavy atom. The molecule has 2 fully saturated rings. The molecule has 21 heavy (non-hydrogen) atoms. The Hall–Kier alpha value is -0.870. The Morgan fingerprint density at radius 2 is 1.86 bits per heavy atom. The number of benzene rings is 1. The summed E-state index contributed by atoms with van der Waals surface area (Å²) in [4.78, 5) is 0. The second-order valence-electron chi connectivity index (χ2n) is 6.16. The fourth-order valence-corrected chi connectivity index (χ4v) is 4.41. The molecule has 2 aliphatic rings. The summed E-state index contributed by atoms with van der Waals surface area (Å²) in [5.74, 6) is 4.07. The molecule has 0 aromatic heterocycles. The van der Waals surface area contributed by atoms with Crippen LogP contribution >= 0.6 is 11.8 Å². The van der Waals surface area contributed by atoms with Gasteiger partial charge in [0.05, 0.1) is 7.11 Å². The van der Waals surface area contributed by atoms with Gasteiger partial charge >= 0.3 is 0 Å². The highest BCUT2D eigenvalue weighted by molar-refractivity contribution is 7.99. The van der Waals surface area contributed by atoms with Gasteiger partial charge in [-0.25, -0.2) is 0 Å². The molecule has 1 aliphatic heterocycles. The number of nitrogens with two attached hydrogens (primary N) is 1. The van der Waals surface area contributed by atoms with Crippen LogP contribution in [0.25, 0.3) is 0 Å². The monoisotopic (exact) mass is 307 g/mol. The summed E-state index contributed by atoms with van der Waals surface area (Å²) in [6.45, 7) is 0. The summed E-state index contributed by atoms with van der Waals surface area (Å²) in [7, 11) is 1.71. The van der Waals surface area contributed by atoms with E-state index in [9.17, 15) is 0 Å². The smallest absolute Gasteiger partial charge is 0.161 e. The molecule has 1 saturated heterocycles. The largest absolute Gasteiger partial charge is 0.493 e. The van der Waals surface area contributed by atoms with Gasteiger partial charge in [-0.2, -0.15) is 11.8 Å². The van der Waals surface area contributed by atoms with Gasteiger partial charge in [0.2, 0.25) is 0 Å². The number of thioether (sulfide) groups is 1. The lowest BCUT2D eigenvalue weighted by molar-refractivity contribution is 0.184. The van der Waals surface area contributed by atoms with Gasteiger partial charge in [-0.3, -0.25) is 0 Å². The van der Waals surface area contributed by atoms with Crippen LogP contribution in [0, 0.1) is 0 Å². The predicted octanol–water partition coefficient (Wildman–Crippen LogP) is 3.70. The topological polar surface area (TPSA) is 44.5 Å². The molecule has 0 radical (unpaired) electrons. The van der Waals surface area contributed by atoms with Gasteiger partial charge in [-0.15, -0.1) is 0 Å². The predicted molar refractivity (Wildman–Crippen MR) is 88.3 cm³/mol. The van der Waals surface area contributed by atoms with E-state index in [2.05, 4.69) is 12.1 Å². The summed E-state index contributed by atoms with van der Waals surface area (Å²) >= 11 is 2.01. The third-order valence-electron chi connectivity index (χ3n) is 4.70. The van der Waals surface area contributed by atoms with E-state index in [4.69, 9.17) is 15.2 Å². The lowest BCUT2D eigenvalue weighted by Gasteiger charge is -2.27. The highest BCUT2D eigenvalue weighted by Crippen LogP contribution is 2.40. The lowest BCUT2D eigenvalue weighted by atomic mass is 9.89. The normalized spacial score (nSPS) is 22.2. The summed E-state index contributed by atoms with van der Waals surface area (Å²) in [5, 5.41) is 0. The van der Waals surface area contributed by atoms with Crippen LogP contribution in [0.4, 0.5) is 0 Å². The molecule has 3 rings (SSSR count). The number of rotatable bonds is 4. The SMILES string of the molecule is COc1cc(C2(N)CCCC2)ccc1OC1CCSCC1. The maximum Gasteiger partial charge on any atom is 0.161 e. The molecule has 1 saturated carbocycles. The van der Waals surface area contributed by atoms with E-state index in [0.717, 1.165) is 37.2 Å². The van der Waals surface area contributed by atoms with Crippen molar-refractivity contribution in [3.05, 3.63) is 23.8 Å². The average Bonchev–Trinajstić information content (AvgIpc) is 2.96. The maximum atomic E-state index is 6.54. The molecule has 3 nitrogen and oxygen atoms in total. The van der Waals surface area contributed by atoms with E-state index in [-0.39, 0.29) is 5.54 Å². The van der Waals surface area contributed by atoms with Crippen LogP contribution in [0.3, 0.4) is 0 Å². The highest BCUT2D eigenvalue weighted by Gasteiger charge is 2.32. The number of hydrogen-bond acceptors (Lipinski definition) is 4. The van der Waals surface area contributed by atoms with Gasteiger partial charge in [0.1, 0.15) is 6.10 Å². The van der Waals surface area contributed by atoms with Crippen molar-refractivity contribution in [3.63, 3.8) is 0 Å². The first kappa shape index (κ1) is 15.0. The van der Waals surface area contributed by atoms with Gasteiger partial charge in [0, 0.05) is 5.54 Å². The van der Waals surface area contributed by atoms with Crippen molar-refractivity contribution in [2.45, 2.75) is 50.2 Å². The van der Waals surface area contributed by atoms with Crippen LogP contribution in [0.15, 0.2) is 18.2 Å². The molecule has 0 bridgehead atoms. The van der Waals surface area contributed by atoms with E-state index < -0.39 is 0 Å². The molecule has 116 valence electrons. The van der Waals surface area contributed by atoms with Crippen molar-refractivity contribution < 1.29 is 9.47 Å². The molecular weight excluding hydrogens is 282 g/mol. The van der Waals surface area contributed by atoms with Gasteiger partial charge < -0.3 is 15.2 Å². The zero-order valence-electron chi connectivity index (χ0n) is 12.8. The molecule has 1 heterocycles. The van der Waals surface area contributed by atoms with E-state index >= 15 is 0 Å². The minimum atomic E-state index is -0.173. The van der Waals surface area contributed by atoms with Crippen molar-refractivity contribution in [1.82, 2.24) is 0 Å². The molecule has 0 spiro atoms. The van der Waals surface area contributed by atoms with E-state index in [1.54, 1.807) is 7.11 Å². The van der Waals surface area contributed by atoms with Crippen LogP contribution in [-0.2, 0) is 5.54 Å². The Labute approximate surface area is 131 Å². The van der Waals surface area contributed by atoms with E-state index in [1.165, 1.54) is 29.9 Å². The van der Waals surface area contributed by atoms with Crippen molar-refractivity contribution in [1.29, 1.82) is 0 Å². The first-order valence-corrected chi connectivity index (χ1v) is 9.08. The van der Waals surface area contributed by atoms with Crippen LogP contribution < -0.4 is 15.2 Å². The van der Waals surface area contributed by atoms with Crippen LogP contribution in [-0.4, -0.2) is 24.7 Å². The van der Waals surface area contributed by atoms with Crippen LogP contribution in [0.5, 0.6) is 11.5 Å². The van der Waals surface area contributed by atoms with Crippen molar-refractivity contribution in [2.24, 2.45) is 5.73 Å². The van der Waals surface area contributed by atoms with Gasteiger partial charge in [-0.1, -0.05) is 18.9 Å². The first-order valence-electron chi connectivity index (χ1n) is 7.93. The Balaban J connectivity index is 1.78. The highest BCUT2D eigenvalue weighted by atomic mass is 32.2. The van der Waals surface area contributed by atoms with Gasteiger partial charge in [0.25, 0.3) is 0 Å². The molecule has 1 aromatic rings. The Bertz CT molecular complexity index is 480. The molecule has 0 unspecified atom stereocenters. The second-order valence-corrected chi connectivity index (χ2v) is 7.38. The third kappa shape index (κ3) is 3.32. The minimum Gasteiger partial charge on any atom is -0.493 e. The summed E-state index contributed by atoms with van der Waals surface area (Å²) in [6.07, 6.45) is 7.14. The first-order chi connectivity index (χ1) is 10.2. The zero-order chi connectivity index (χ0) is 14.7. The average molecular weight is 307 g/mol. The molecular formula is C17H25NO2S. The zero-order valence-corrected chi connectivity index (χ0v) is 13.6. The summed E-state index contributed by atoms with van der Waals surface area (Å²) in [6, 6.07) is 6.25. The second kappa shape index (κ2) is 6.49.